The van der Waals surface area contributed by atoms with E-state index in [1.54, 1.807) is 6.07 Å². The molecule has 0 atom stereocenters. The minimum Gasteiger partial charge on any atom is -0.495 e. The molecule has 1 aromatic carbocycles. The number of rotatable bonds is 3. The van der Waals surface area contributed by atoms with Gasteiger partial charge in [0.1, 0.15) is 18.2 Å². The lowest BCUT2D eigenvalue weighted by Crippen LogP contribution is -2.11. The molecule has 0 fully saturated rings. The van der Waals surface area contributed by atoms with Gasteiger partial charge in [-0.25, -0.2) is 0 Å². The molecule has 0 heterocycles. The summed E-state index contributed by atoms with van der Waals surface area (Å²) in [5, 5.41) is 20.0. The number of hydrogen-bond donors (Lipinski definition) is 1. The lowest BCUT2D eigenvalue weighted by molar-refractivity contribution is -0.115. The van der Waals surface area contributed by atoms with Crippen molar-refractivity contribution in [1.29, 1.82) is 10.5 Å². The molecule has 86 valence electrons. The Balaban J connectivity index is 3.10. The molecule has 0 saturated carbocycles. The molecule has 0 bridgehead atoms. The van der Waals surface area contributed by atoms with Crippen LogP contribution in [-0.4, -0.2) is 13.0 Å². The molecule has 1 aromatic rings. The summed E-state index contributed by atoms with van der Waals surface area (Å²) in [7, 11) is 1.42. The quantitative estimate of drug-likeness (QED) is 0.888. The molecule has 17 heavy (non-hydrogen) atoms. The fraction of sp³-hybridized carbons (Fsp3) is 0.182. The maximum absolute atomic E-state index is 11.2. The van der Waals surface area contributed by atoms with Gasteiger partial charge in [0.25, 0.3) is 0 Å². The van der Waals surface area contributed by atoms with E-state index in [0.717, 1.165) is 0 Å². The Labute approximate surface area is 103 Å². The first kappa shape index (κ1) is 12.8. The van der Waals surface area contributed by atoms with Crippen molar-refractivity contribution in [3.63, 3.8) is 0 Å². The second-order valence-electron chi connectivity index (χ2n) is 3.03. The smallest absolute Gasteiger partial charge is 0.238 e. The number of nitriles is 2. The monoisotopic (exact) mass is 249 g/mol. The van der Waals surface area contributed by atoms with Gasteiger partial charge >= 0.3 is 0 Å². The molecule has 6 heteroatoms. The summed E-state index contributed by atoms with van der Waals surface area (Å²) in [6, 6.07) is 6.44. The highest BCUT2D eigenvalue weighted by molar-refractivity contribution is 6.32. The van der Waals surface area contributed by atoms with Crippen LogP contribution in [0.3, 0.4) is 0 Å². The number of hydrogen-bond acceptors (Lipinski definition) is 4. The number of methoxy groups -OCH3 is 1. The molecular formula is C11H8ClN3O2. The highest BCUT2D eigenvalue weighted by Gasteiger charge is 2.11. The summed E-state index contributed by atoms with van der Waals surface area (Å²) in [6.07, 6.45) is -0.282. The summed E-state index contributed by atoms with van der Waals surface area (Å²) in [5.74, 6) is -0.147. The van der Waals surface area contributed by atoms with Gasteiger partial charge in [0.05, 0.1) is 29.5 Å². The van der Waals surface area contributed by atoms with E-state index >= 15 is 0 Å². The second-order valence-corrected chi connectivity index (χ2v) is 3.43. The molecule has 0 spiro atoms. The van der Waals surface area contributed by atoms with Gasteiger partial charge in [0.15, 0.2) is 0 Å². The number of benzene rings is 1. The van der Waals surface area contributed by atoms with Gasteiger partial charge in [-0.2, -0.15) is 10.5 Å². The molecular weight excluding hydrogens is 242 g/mol. The molecule has 1 amide bonds. The van der Waals surface area contributed by atoms with Crippen LogP contribution in [0.15, 0.2) is 12.1 Å². The topological polar surface area (TPSA) is 85.9 Å². The third-order valence-electron chi connectivity index (χ3n) is 1.93. The van der Waals surface area contributed by atoms with Crippen molar-refractivity contribution < 1.29 is 9.53 Å². The van der Waals surface area contributed by atoms with E-state index in [2.05, 4.69) is 5.32 Å². The zero-order valence-corrected chi connectivity index (χ0v) is 9.71. The van der Waals surface area contributed by atoms with Crippen molar-refractivity contribution in [2.75, 3.05) is 12.4 Å². The number of amides is 1. The van der Waals surface area contributed by atoms with Crippen molar-refractivity contribution in [2.24, 2.45) is 0 Å². The van der Waals surface area contributed by atoms with Gasteiger partial charge in [-0.3, -0.25) is 4.79 Å². The molecule has 0 unspecified atom stereocenters. The Morgan fingerprint density at radius 1 is 1.53 bits per heavy atom. The fourth-order valence-corrected chi connectivity index (χ4v) is 1.41. The van der Waals surface area contributed by atoms with Crippen LogP contribution in [0.1, 0.15) is 12.0 Å². The van der Waals surface area contributed by atoms with Gasteiger partial charge < -0.3 is 10.1 Å². The van der Waals surface area contributed by atoms with E-state index < -0.39 is 5.91 Å². The number of carbonyl (C=O) groups is 1. The third-order valence-corrected chi connectivity index (χ3v) is 2.22. The van der Waals surface area contributed by atoms with E-state index in [4.69, 9.17) is 26.9 Å². The lowest BCUT2D eigenvalue weighted by atomic mass is 10.2. The van der Waals surface area contributed by atoms with Gasteiger partial charge in [0.2, 0.25) is 5.91 Å². The van der Waals surface area contributed by atoms with Crippen molar-refractivity contribution in [1.82, 2.24) is 0 Å². The third kappa shape index (κ3) is 3.10. The van der Waals surface area contributed by atoms with Crippen LogP contribution in [0.2, 0.25) is 5.02 Å². The molecule has 0 radical (unpaired) electrons. The molecule has 0 aliphatic heterocycles. The van der Waals surface area contributed by atoms with Crippen molar-refractivity contribution in [3.8, 4) is 17.9 Å². The Morgan fingerprint density at radius 3 is 2.76 bits per heavy atom. The van der Waals surface area contributed by atoms with E-state index in [0.29, 0.717) is 5.75 Å². The first-order valence-corrected chi connectivity index (χ1v) is 4.94. The van der Waals surface area contributed by atoms with Crippen LogP contribution in [0.25, 0.3) is 0 Å². The maximum atomic E-state index is 11.2. The summed E-state index contributed by atoms with van der Waals surface area (Å²) in [5.41, 5.74) is 0.482. The Hall–Kier alpha value is -2.24. The van der Waals surface area contributed by atoms with Crippen LogP contribution in [0, 0.1) is 22.7 Å². The SMILES string of the molecule is COc1cc(NC(=O)CC#N)c(C#N)cc1Cl. The standard InChI is InChI=1S/C11H8ClN3O2/c1-17-10-5-9(15-11(16)2-3-13)7(6-14)4-8(10)12/h4-5H,2H2,1H3,(H,15,16). The van der Waals surface area contributed by atoms with Crippen molar-refractivity contribution in [2.45, 2.75) is 6.42 Å². The zero-order chi connectivity index (χ0) is 12.8. The van der Waals surface area contributed by atoms with Crippen LogP contribution in [-0.2, 0) is 4.79 Å². The van der Waals surface area contributed by atoms with Gasteiger partial charge in [0, 0.05) is 6.07 Å². The van der Waals surface area contributed by atoms with Crippen molar-refractivity contribution >= 4 is 23.2 Å². The Kier molecular flexibility index (Phi) is 4.33. The van der Waals surface area contributed by atoms with E-state index in [1.165, 1.54) is 19.2 Å². The maximum Gasteiger partial charge on any atom is 0.238 e. The predicted molar refractivity (Wildman–Crippen MR) is 61.6 cm³/mol. The molecule has 5 nitrogen and oxygen atoms in total. The summed E-state index contributed by atoms with van der Waals surface area (Å²) < 4.78 is 4.97. The molecule has 1 rings (SSSR count). The van der Waals surface area contributed by atoms with Gasteiger partial charge in [-0.15, -0.1) is 0 Å². The minimum absolute atomic E-state index is 0.210. The average molecular weight is 250 g/mol. The number of ether oxygens (including phenoxy) is 1. The van der Waals surface area contributed by atoms with E-state index in [9.17, 15) is 4.79 Å². The number of halogens is 1. The van der Waals surface area contributed by atoms with Crippen LogP contribution in [0.5, 0.6) is 5.75 Å². The zero-order valence-electron chi connectivity index (χ0n) is 8.95. The first-order valence-electron chi connectivity index (χ1n) is 4.56. The molecule has 1 N–H and O–H groups in total. The molecule has 0 aromatic heterocycles. The van der Waals surface area contributed by atoms with Gasteiger partial charge in [-0.05, 0) is 6.07 Å². The molecule has 0 aliphatic rings. The first-order chi connectivity index (χ1) is 8.12. The molecule has 0 saturated heterocycles. The number of anilines is 1. The van der Waals surface area contributed by atoms with Crippen LogP contribution in [0.4, 0.5) is 5.69 Å². The molecule has 0 aliphatic carbocycles. The Bertz CT molecular complexity index is 529. The number of carbonyl (C=O) groups excluding carboxylic acids is 1. The minimum atomic E-state index is -0.492. The number of nitrogens with zero attached hydrogens (tertiary/aromatic N) is 2. The highest BCUT2D eigenvalue weighted by Crippen LogP contribution is 2.30. The fourth-order valence-electron chi connectivity index (χ4n) is 1.17. The van der Waals surface area contributed by atoms with E-state index in [1.807, 2.05) is 6.07 Å². The largest absolute Gasteiger partial charge is 0.495 e. The lowest BCUT2D eigenvalue weighted by Gasteiger charge is -2.09. The average Bonchev–Trinajstić information content (AvgIpc) is 2.31. The predicted octanol–water partition coefficient (Wildman–Crippen LogP) is 2.07. The highest BCUT2D eigenvalue weighted by atomic mass is 35.5. The van der Waals surface area contributed by atoms with Crippen molar-refractivity contribution in [3.05, 3.63) is 22.7 Å². The Morgan fingerprint density at radius 2 is 2.24 bits per heavy atom. The van der Waals surface area contributed by atoms with Crippen LogP contribution < -0.4 is 10.1 Å². The summed E-state index contributed by atoms with van der Waals surface area (Å²) in [4.78, 5) is 11.2. The van der Waals surface area contributed by atoms with E-state index in [-0.39, 0.29) is 22.7 Å². The summed E-state index contributed by atoms with van der Waals surface area (Å²) in [6.45, 7) is 0. The van der Waals surface area contributed by atoms with Gasteiger partial charge in [-0.1, -0.05) is 11.6 Å². The normalized spacial score (nSPS) is 8.94. The van der Waals surface area contributed by atoms with Crippen LogP contribution >= 0.6 is 11.6 Å². The summed E-state index contributed by atoms with van der Waals surface area (Å²) >= 11 is 5.84. The number of nitrogens with one attached hydrogen (secondary N) is 1. The second kappa shape index (κ2) is 5.74.